The average Bonchev–Trinajstić information content (AvgIpc) is 2.53. The molecule has 0 saturated carbocycles. The summed E-state index contributed by atoms with van der Waals surface area (Å²) in [6.45, 7) is 2.09. The number of hydrogen-bond acceptors (Lipinski definition) is 4. The highest BCUT2D eigenvalue weighted by Crippen LogP contribution is 2.34. The summed E-state index contributed by atoms with van der Waals surface area (Å²) in [5.41, 5.74) is 2.23. The Morgan fingerprint density at radius 2 is 1.95 bits per heavy atom. The Kier molecular flexibility index (Phi) is 5.20. The van der Waals surface area contributed by atoms with E-state index >= 15 is 0 Å². The zero-order chi connectivity index (χ0) is 15.9. The highest BCUT2D eigenvalue weighted by molar-refractivity contribution is 5.90. The van der Waals surface area contributed by atoms with Crippen molar-refractivity contribution in [1.82, 2.24) is 0 Å². The first kappa shape index (κ1) is 15.6. The normalized spacial score (nSPS) is 10.6. The molecule has 0 bridgehead atoms. The van der Waals surface area contributed by atoms with E-state index in [0.29, 0.717) is 17.9 Å². The van der Waals surface area contributed by atoms with Crippen LogP contribution in [0.25, 0.3) is 17.2 Å². The van der Waals surface area contributed by atoms with Crippen molar-refractivity contribution in [1.29, 1.82) is 0 Å². The molecule has 0 aliphatic heterocycles. The van der Waals surface area contributed by atoms with Gasteiger partial charge in [-0.05, 0) is 42.3 Å². The van der Waals surface area contributed by atoms with E-state index in [2.05, 4.69) is 0 Å². The van der Waals surface area contributed by atoms with Crippen LogP contribution in [0.2, 0.25) is 0 Å². The fourth-order valence-corrected chi connectivity index (χ4v) is 2.09. The number of methoxy groups -OCH3 is 1. The Hall–Kier alpha value is -2.75. The molecule has 0 unspecified atom stereocenters. The zero-order valence-electron chi connectivity index (χ0n) is 12.6. The quantitative estimate of drug-likeness (QED) is 0.676. The molecule has 0 heterocycles. The molecule has 0 saturated heterocycles. The molecule has 114 valence electrons. The Morgan fingerprint density at radius 1 is 1.18 bits per heavy atom. The van der Waals surface area contributed by atoms with Crippen molar-refractivity contribution in [2.24, 2.45) is 0 Å². The van der Waals surface area contributed by atoms with Crippen LogP contribution >= 0.6 is 0 Å². The van der Waals surface area contributed by atoms with Gasteiger partial charge in [0.1, 0.15) is 11.5 Å². The number of esters is 1. The van der Waals surface area contributed by atoms with Crippen LogP contribution in [-0.2, 0) is 9.53 Å². The highest BCUT2D eigenvalue weighted by atomic mass is 16.5. The second kappa shape index (κ2) is 7.31. The SMILES string of the molecule is CCOC(=O)/C=C\c1ccc(OC)cc1-c1ccccc1O. The lowest BCUT2D eigenvalue weighted by atomic mass is 9.98. The number of ether oxygens (including phenoxy) is 2. The van der Waals surface area contributed by atoms with Gasteiger partial charge in [-0.2, -0.15) is 0 Å². The van der Waals surface area contributed by atoms with E-state index in [1.165, 1.54) is 6.08 Å². The smallest absolute Gasteiger partial charge is 0.330 e. The monoisotopic (exact) mass is 298 g/mol. The van der Waals surface area contributed by atoms with Crippen LogP contribution in [0.4, 0.5) is 0 Å². The molecule has 0 atom stereocenters. The molecule has 0 amide bonds. The van der Waals surface area contributed by atoms with Crippen molar-refractivity contribution < 1.29 is 19.4 Å². The van der Waals surface area contributed by atoms with Crippen LogP contribution in [0, 0.1) is 0 Å². The lowest BCUT2D eigenvalue weighted by Gasteiger charge is -2.10. The third-order valence-corrected chi connectivity index (χ3v) is 3.14. The first-order chi connectivity index (χ1) is 10.7. The van der Waals surface area contributed by atoms with Gasteiger partial charge in [-0.15, -0.1) is 0 Å². The molecular weight excluding hydrogens is 280 g/mol. The fraction of sp³-hybridized carbons (Fsp3) is 0.167. The summed E-state index contributed by atoms with van der Waals surface area (Å²) in [5.74, 6) is 0.439. The lowest BCUT2D eigenvalue weighted by Crippen LogP contribution is -1.98. The molecule has 2 aromatic carbocycles. The molecular formula is C18H18O4. The van der Waals surface area contributed by atoms with Gasteiger partial charge in [0.2, 0.25) is 0 Å². The van der Waals surface area contributed by atoms with Gasteiger partial charge in [0, 0.05) is 11.6 Å². The van der Waals surface area contributed by atoms with Crippen molar-refractivity contribution in [2.45, 2.75) is 6.92 Å². The summed E-state index contributed by atoms with van der Waals surface area (Å²) in [6.07, 6.45) is 3.04. The molecule has 0 aliphatic rings. The number of phenolic OH excluding ortho intramolecular Hbond substituents is 1. The summed E-state index contributed by atoms with van der Waals surface area (Å²) in [6, 6.07) is 12.5. The molecule has 1 N–H and O–H groups in total. The minimum atomic E-state index is -0.401. The topological polar surface area (TPSA) is 55.8 Å². The van der Waals surface area contributed by atoms with E-state index in [-0.39, 0.29) is 5.75 Å². The molecule has 2 rings (SSSR count). The van der Waals surface area contributed by atoms with E-state index in [4.69, 9.17) is 9.47 Å². The third kappa shape index (κ3) is 3.67. The number of carbonyl (C=O) groups is 1. The number of rotatable bonds is 5. The molecule has 2 aromatic rings. The number of carbonyl (C=O) groups excluding carboxylic acids is 1. The minimum Gasteiger partial charge on any atom is -0.507 e. The van der Waals surface area contributed by atoms with Gasteiger partial charge in [0.25, 0.3) is 0 Å². The number of para-hydroxylation sites is 1. The lowest BCUT2D eigenvalue weighted by molar-refractivity contribution is -0.137. The fourth-order valence-electron chi connectivity index (χ4n) is 2.09. The summed E-state index contributed by atoms with van der Waals surface area (Å²) in [7, 11) is 1.58. The van der Waals surface area contributed by atoms with Crippen LogP contribution in [0.5, 0.6) is 11.5 Å². The van der Waals surface area contributed by atoms with Gasteiger partial charge in [0.15, 0.2) is 0 Å². The molecule has 4 heteroatoms. The van der Waals surface area contributed by atoms with Gasteiger partial charge < -0.3 is 14.6 Å². The maximum absolute atomic E-state index is 11.5. The van der Waals surface area contributed by atoms with Crippen LogP contribution in [0.15, 0.2) is 48.5 Å². The number of aromatic hydroxyl groups is 1. The molecule has 0 fully saturated rings. The maximum atomic E-state index is 11.5. The first-order valence-electron chi connectivity index (χ1n) is 6.97. The molecule has 0 aliphatic carbocycles. The Bertz CT molecular complexity index is 689. The van der Waals surface area contributed by atoms with Gasteiger partial charge in [-0.25, -0.2) is 4.79 Å². The summed E-state index contributed by atoms with van der Waals surface area (Å²) in [4.78, 5) is 11.5. The molecule has 0 radical (unpaired) electrons. The average molecular weight is 298 g/mol. The minimum absolute atomic E-state index is 0.168. The van der Waals surface area contributed by atoms with Crippen LogP contribution < -0.4 is 4.74 Å². The van der Waals surface area contributed by atoms with Crippen LogP contribution in [-0.4, -0.2) is 24.8 Å². The van der Waals surface area contributed by atoms with Gasteiger partial charge in [-0.3, -0.25) is 0 Å². The second-order valence-electron chi connectivity index (χ2n) is 4.56. The summed E-state index contributed by atoms with van der Waals surface area (Å²) < 4.78 is 10.1. The van der Waals surface area contributed by atoms with E-state index in [9.17, 15) is 9.90 Å². The van der Waals surface area contributed by atoms with Crippen LogP contribution in [0.1, 0.15) is 12.5 Å². The Labute approximate surface area is 129 Å². The van der Waals surface area contributed by atoms with Crippen LogP contribution in [0.3, 0.4) is 0 Å². The molecule has 4 nitrogen and oxygen atoms in total. The summed E-state index contributed by atoms with van der Waals surface area (Å²) in [5, 5.41) is 10.1. The number of phenols is 1. The summed E-state index contributed by atoms with van der Waals surface area (Å²) >= 11 is 0. The van der Waals surface area contributed by atoms with Gasteiger partial charge >= 0.3 is 5.97 Å². The van der Waals surface area contributed by atoms with Crippen molar-refractivity contribution in [3.05, 3.63) is 54.1 Å². The van der Waals surface area contributed by atoms with Gasteiger partial charge in [0.05, 0.1) is 13.7 Å². The third-order valence-electron chi connectivity index (χ3n) is 3.14. The van der Waals surface area contributed by atoms with E-state index in [0.717, 1.165) is 11.1 Å². The first-order valence-corrected chi connectivity index (χ1v) is 6.97. The van der Waals surface area contributed by atoms with Crippen molar-refractivity contribution in [3.8, 4) is 22.6 Å². The Balaban J connectivity index is 2.46. The van der Waals surface area contributed by atoms with Crippen molar-refractivity contribution in [3.63, 3.8) is 0 Å². The Morgan fingerprint density at radius 3 is 2.64 bits per heavy atom. The molecule has 0 spiro atoms. The molecule has 0 aromatic heterocycles. The number of hydrogen-bond donors (Lipinski definition) is 1. The van der Waals surface area contributed by atoms with E-state index < -0.39 is 5.97 Å². The predicted molar refractivity (Wildman–Crippen MR) is 85.8 cm³/mol. The second-order valence-corrected chi connectivity index (χ2v) is 4.56. The van der Waals surface area contributed by atoms with E-state index in [1.54, 1.807) is 38.3 Å². The van der Waals surface area contributed by atoms with Crippen molar-refractivity contribution in [2.75, 3.05) is 13.7 Å². The number of benzene rings is 2. The largest absolute Gasteiger partial charge is 0.507 e. The standard InChI is InChI=1S/C18H18O4/c1-3-22-18(20)11-9-13-8-10-14(21-2)12-16(13)15-6-4-5-7-17(15)19/h4-12,19H,3H2,1-2H3/b11-9-. The predicted octanol–water partition coefficient (Wildman–Crippen LogP) is 3.64. The highest BCUT2D eigenvalue weighted by Gasteiger charge is 2.09. The maximum Gasteiger partial charge on any atom is 0.330 e. The zero-order valence-corrected chi connectivity index (χ0v) is 12.6. The van der Waals surface area contributed by atoms with E-state index in [1.807, 2.05) is 24.3 Å². The van der Waals surface area contributed by atoms with Gasteiger partial charge in [-0.1, -0.05) is 24.3 Å². The van der Waals surface area contributed by atoms with Crippen molar-refractivity contribution >= 4 is 12.0 Å². The molecule has 22 heavy (non-hydrogen) atoms.